The van der Waals surface area contributed by atoms with Gasteiger partial charge in [-0.05, 0) is 23.4 Å². The van der Waals surface area contributed by atoms with E-state index in [1.54, 1.807) is 18.2 Å². The van der Waals surface area contributed by atoms with Crippen molar-refractivity contribution in [2.75, 3.05) is 24.8 Å². The van der Waals surface area contributed by atoms with Gasteiger partial charge in [0.1, 0.15) is 5.82 Å². The topological polar surface area (TPSA) is 136 Å². The molecule has 3 rings (SSSR count). The van der Waals surface area contributed by atoms with Crippen molar-refractivity contribution in [2.24, 2.45) is 5.73 Å². The quantitative estimate of drug-likeness (QED) is 0.466. The monoisotopic (exact) mass is 404 g/mol. The molecular weight excluding hydrogens is 384 g/mol. The Morgan fingerprint density at radius 1 is 1.36 bits per heavy atom. The van der Waals surface area contributed by atoms with Gasteiger partial charge in [0, 0.05) is 12.3 Å². The van der Waals surface area contributed by atoms with Gasteiger partial charge in [-0.1, -0.05) is 24.8 Å². The van der Waals surface area contributed by atoms with E-state index in [1.807, 2.05) is 6.92 Å². The SMILES string of the molecule is CCSc1nc2c(c(=O)[nH]1)[C@@H](c1ccc(OCC(N)=O)c(OC)c1)CC(=O)N2. The molecule has 1 atom stereocenters. The van der Waals surface area contributed by atoms with E-state index in [0.717, 1.165) is 5.75 Å². The summed E-state index contributed by atoms with van der Waals surface area (Å²) in [7, 11) is 1.46. The van der Waals surface area contributed by atoms with Gasteiger partial charge >= 0.3 is 0 Å². The minimum absolute atomic E-state index is 0.0999. The van der Waals surface area contributed by atoms with Gasteiger partial charge in [0.15, 0.2) is 23.3 Å². The van der Waals surface area contributed by atoms with Gasteiger partial charge in [-0.2, -0.15) is 0 Å². The molecule has 2 heterocycles. The third-order valence-corrected chi connectivity index (χ3v) is 4.93. The van der Waals surface area contributed by atoms with Crippen LogP contribution in [0.15, 0.2) is 28.2 Å². The van der Waals surface area contributed by atoms with Crippen molar-refractivity contribution in [3.05, 3.63) is 39.7 Å². The van der Waals surface area contributed by atoms with Crippen molar-refractivity contribution in [1.82, 2.24) is 9.97 Å². The molecule has 1 aromatic heterocycles. The first-order chi connectivity index (χ1) is 13.4. The number of primary amides is 1. The molecule has 0 radical (unpaired) electrons. The molecule has 0 saturated carbocycles. The molecular formula is C18H20N4O5S. The summed E-state index contributed by atoms with van der Waals surface area (Å²) in [5.41, 5.74) is 5.90. The maximum atomic E-state index is 12.7. The molecule has 0 aliphatic carbocycles. The number of ether oxygens (including phenoxy) is 2. The van der Waals surface area contributed by atoms with Crippen LogP contribution in [-0.4, -0.2) is 41.3 Å². The average Bonchev–Trinajstić information content (AvgIpc) is 2.65. The van der Waals surface area contributed by atoms with Crippen LogP contribution in [0.5, 0.6) is 11.5 Å². The first kappa shape index (κ1) is 19.7. The number of carbonyl (C=O) groups is 2. The Bertz CT molecular complexity index is 975. The molecule has 1 aliphatic rings. The number of nitrogens with one attached hydrogen (secondary N) is 2. The Labute approximate surface area is 165 Å². The maximum Gasteiger partial charge on any atom is 0.257 e. The highest BCUT2D eigenvalue weighted by Crippen LogP contribution is 2.38. The van der Waals surface area contributed by atoms with Gasteiger partial charge < -0.3 is 25.5 Å². The summed E-state index contributed by atoms with van der Waals surface area (Å²) in [5.74, 6) is 0.400. The fourth-order valence-corrected chi connectivity index (χ4v) is 3.60. The van der Waals surface area contributed by atoms with Crippen LogP contribution in [0.25, 0.3) is 0 Å². The Balaban J connectivity index is 2.02. The standard InChI is InChI=1S/C18H20N4O5S/c1-3-28-18-21-16-15(17(25)22-18)10(7-14(24)20-16)9-4-5-11(12(6-9)26-2)27-8-13(19)23/h4-6,10H,3,7-8H2,1-2H3,(H2,19,23)(H2,20,21,22,24,25)/t10-/m1/s1. The molecule has 0 unspecified atom stereocenters. The minimum atomic E-state index is -0.609. The van der Waals surface area contributed by atoms with Crippen molar-refractivity contribution in [3.63, 3.8) is 0 Å². The fourth-order valence-electron chi connectivity index (χ4n) is 3.01. The van der Waals surface area contributed by atoms with Crippen molar-refractivity contribution < 1.29 is 19.1 Å². The number of fused-ring (bicyclic) bond motifs is 1. The second-order valence-corrected chi connectivity index (χ2v) is 7.29. The number of aromatic nitrogens is 2. The maximum absolute atomic E-state index is 12.7. The van der Waals surface area contributed by atoms with Crippen LogP contribution >= 0.6 is 11.8 Å². The number of methoxy groups -OCH3 is 1. The van der Waals surface area contributed by atoms with Crippen LogP contribution in [0.4, 0.5) is 5.82 Å². The molecule has 0 fully saturated rings. The molecule has 0 spiro atoms. The number of H-pyrrole nitrogens is 1. The van der Waals surface area contributed by atoms with Crippen molar-refractivity contribution in [1.29, 1.82) is 0 Å². The lowest BCUT2D eigenvalue weighted by molar-refractivity contribution is -0.120. The first-order valence-corrected chi connectivity index (χ1v) is 9.57. The summed E-state index contributed by atoms with van der Waals surface area (Å²) >= 11 is 1.38. The van der Waals surface area contributed by atoms with Crippen LogP contribution in [0.1, 0.15) is 30.4 Å². The highest BCUT2D eigenvalue weighted by atomic mass is 32.2. The lowest BCUT2D eigenvalue weighted by atomic mass is 9.86. The predicted octanol–water partition coefficient (Wildman–Crippen LogP) is 1.23. The highest BCUT2D eigenvalue weighted by molar-refractivity contribution is 7.99. The molecule has 9 nitrogen and oxygen atoms in total. The number of amides is 2. The average molecular weight is 404 g/mol. The number of carbonyl (C=O) groups excluding carboxylic acids is 2. The summed E-state index contributed by atoms with van der Waals surface area (Å²) < 4.78 is 10.6. The minimum Gasteiger partial charge on any atom is -0.493 e. The van der Waals surface area contributed by atoms with E-state index in [1.165, 1.54) is 18.9 Å². The van der Waals surface area contributed by atoms with E-state index < -0.39 is 11.8 Å². The Hall–Kier alpha value is -3.01. The smallest absolute Gasteiger partial charge is 0.257 e. The number of nitrogens with two attached hydrogens (primary N) is 1. The van der Waals surface area contributed by atoms with Crippen molar-refractivity contribution in [2.45, 2.75) is 24.4 Å². The lowest BCUT2D eigenvalue weighted by Crippen LogP contribution is -2.31. The molecule has 0 saturated heterocycles. The number of hydrogen-bond donors (Lipinski definition) is 3. The van der Waals surface area contributed by atoms with E-state index in [2.05, 4.69) is 15.3 Å². The largest absolute Gasteiger partial charge is 0.493 e. The third kappa shape index (κ3) is 4.11. The van der Waals surface area contributed by atoms with Crippen LogP contribution in [-0.2, 0) is 9.59 Å². The van der Waals surface area contributed by atoms with Crippen LogP contribution in [0, 0.1) is 0 Å². The van der Waals surface area contributed by atoms with E-state index in [-0.39, 0.29) is 30.3 Å². The summed E-state index contributed by atoms with van der Waals surface area (Å²) in [6, 6.07) is 5.02. The summed E-state index contributed by atoms with van der Waals surface area (Å²) in [5, 5.41) is 3.14. The summed E-state index contributed by atoms with van der Waals surface area (Å²) in [6.45, 7) is 1.66. The summed E-state index contributed by atoms with van der Waals surface area (Å²) in [4.78, 5) is 43.0. The zero-order chi connectivity index (χ0) is 20.3. The number of hydrogen-bond acceptors (Lipinski definition) is 7. The highest BCUT2D eigenvalue weighted by Gasteiger charge is 2.31. The fraction of sp³-hybridized carbons (Fsp3) is 0.333. The number of thioether (sulfide) groups is 1. The zero-order valence-corrected chi connectivity index (χ0v) is 16.2. The lowest BCUT2D eigenvalue weighted by Gasteiger charge is -2.25. The molecule has 28 heavy (non-hydrogen) atoms. The van der Waals surface area contributed by atoms with Gasteiger partial charge in [0.25, 0.3) is 11.5 Å². The molecule has 1 aliphatic heterocycles. The van der Waals surface area contributed by atoms with Crippen molar-refractivity contribution >= 4 is 29.4 Å². The Morgan fingerprint density at radius 2 is 2.14 bits per heavy atom. The van der Waals surface area contributed by atoms with Gasteiger partial charge in [-0.25, -0.2) is 4.98 Å². The van der Waals surface area contributed by atoms with E-state index in [4.69, 9.17) is 15.2 Å². The van der Waals surface area contributed by atoms with Gasteiger partial charge in [-0.3, -0.25) is 14.4 Å². The number of nitrogens with zero attached hydrogens (tertiary/aromatic N) is 1. The molecule has 148 valence electrons. The van der Waals surface area contributed by atoms with Gasteiger partial charge in [-0.15, -0.1) is 0 Å². The second-order valence-electron chi connectivity index (χ2n) is 6.04. The number of anilines is 1. The van der Waals surface area contributed by atoms with Crippen LogP contribution in [0.2, 0.25) is 0 Å². The van der Waals surface area contributed by atoms with Crippen LogP contribution in [0.3, 0.4) is 0 Å². The van der Waals surface area contributed by atoms with E-state index in [0.29, 0.717) is 27.8 Å². The molecule has 1 aromatic carbocycles. The number of rotatable bonds is 7. The molecule has 0 bridgehead atoms. The van der Waals surface area contributed by atoms with Gasteiger partial charge in [0.2, 0.25) is 5.91 Å². The zero-order valence-electron chi connectivity index (χ0n) is 15.4. The van der Waals surface area contributed by atoms with E-state index >= 15 is 0 Å². The van der Waals surface area contributed by atoms with Crippen molar-refractivity contribution in [3.8, 4) is 11.5 Å². The van der Waals surface area contributed by atoms with Gasteiger partial charge in [0.05, 0.1) is 12.7 Å². The van der Waals surface area contributed by atoms with Crippen LogP contribution < -0.4 is 26.1 Å². The Kier molecular flexibility index (Phi) is 5.88. The predicted molar refractivity (Wildman–Crippen MR) is 104 cm³/mol. The summed E-state index contributed by atoms with van der Waals surface area (Å²) in [6.07, 6.45) is 0.0999. The molecule has 2 amide bonds. The molecule has 10 heteroatoms. The molecule has 4 N–H and O–H groups in total. The molecule has 2 aromatic rings. The third-order valence-electron chi connectivity index (χ3n) is 4.17. The number of benzene rings is 1. The Morgan fingerprint density at radius 3 is 2.82 bits per heavy atom. The second kappa shape index (κ2) is 8.34. The normalized spacial score (nSPS) is 15.5. The first-order valence-electron chi connectivity index (χ1n) is 8.58. The van der Waals surface area contributed by atoms with E-state index in [9.17, 15) is 14.4 Å². The number of aromatic amines is 1.